The molecule has 22 heavy (non-hydrogen) atoms. The van der Waals surface area contributed by atoms with E-state index in [9.17, 15) is 4.79 Å². The summed E-state index contributed by atoms with van der Waals surface area (Å²) < 4.78 is 11.5. The van der Waals surface area contributed by atoms with Crippen LogP contribution in [-0.2, 0) is 14.3 Å². The molecule has 1 amide bonds. The summed E-state index contributed by atoms with van der Waals surface area (Å²) in [6, 6.07) is 0. The largest absolute Gasteiger partial charge is 0.374 e. The molecule has 1 N–H and O–H groups in total. The lowest BCUT2D eigenvalue weighted by Crippen LogP contribution is -2.45. The van der Waals surface area contributed by atoms with Crippen LogP contribution in [0.4, 0.5) is 0 Å². The maximum Gasteiger partial charge on any atom is 0.225 e. The van der Waals surface area contributed by atoms with E-state index >= 15 is 0 Å². The number of amides is 1. The number of nitrogens with zero attached hydrogens (tertiary/aromatic N) is 1. The Morgan fingerprint density at radius 1 is 1.14 bits per heavy atom. The molecule has 3 aliphatic rings. The smallest absolute Gasteiger partial charge is 0.225 e. The zero-order valence-corrected chi connectivity index (χ0v) is 13.9. The quantitative estimate of drug-likeness (QED) is 0.757. The maximum atomic E-state index is 12.2. The monoisotopic (exact) mass is 310 g/mol. The molecule has 0 radical (unpaired) electrons. The highest BCUT2D eigenvalue weighted by Gasteiger charge is 2.44. The first kappa shape index (κ1) is 16.2. The van der Waals surface area contributed by atoms with Crippen molar-refractivity contribution in [3.05, 3.63) is 0 Å². The van der Waals surface area contributed by atoms with E-state index in [4.69, 9.17) is 9.47 Å². The summed E-state index contributed by atoms with van der Waals surface area (Å²) >= 11 is 0. The van der Waals surface area contributed by atoms with Crippen LogP contribution in [0.3, 0.4) is 0 Å². The van der Waals surface area contributed by atoms with Gasteiger partial charge in [0.2, 0.25) is 5.91 Å². The molecule has 126 valence electrons. The maximum absolute atomic E-state index is 12.2. The van der Waals surface area contributed by atoms with Gasteiger partial charge < -0.3 is 14.8 Å². The van der Waals surface area contributed by atoms with E-state index in [1.165, 1.54) is 0 Å². The van der Waals surface area contributed by atoms with Gasteiger partial charge in [-0.1, -0.05) is 0 Å². The number of rotatable bonds is 6. The summed E-state index contributed by atoms with van der Waals surface area (Å²) in [5.74, 6) is 0.320. The van der Waals surface area contributed by atoms with Gasteiger partial charge in [-0.2, -0.15) is 0 Å². The zero-order valence-electron chi connectivity index (χ0n) is 13.9. The van der Waals surface area contributed by atoms with Gasteiger partial charge in [0.1, 0.15) is 0 Å². The minimum atomic E-state index is 0.111. The minimum Gasteiger partial charge on any atom is -0.374 e. The van der Waals surface area contributed by atoms with Crippen molar-refractivity contribution in [2.45, 2.75) is 70.4 Å². The Bertz CT molecular complexity index is 380. The predicted octanol–water partition coefficient (Wildman–Crippen LogP) is 1.56. The number of morpholine rings is 1. The molecular formula is C17H30N2O3. The Morgan fingerprint density at radius 2 is 1.91 bits per heavy atom. The van der Waals surface area contributed by atoms with Gasteiger partial charge in [0, 0.05) is 19.6 Å². The van der Waals surface area contributed by atoms with Crippen LogP contribution in [0, 0.1) is 5.92 Å². The second-order valence-corrected chi connectivity index (χ2v) is 7.23. The molecule has 2 bridgehead atoms. The third kappa shape index (κ3) is 4.00. The van der Waals surface area contributed by atoms with E-state index in [1.807, 2.05) is 0 Å². The number of unbranched alkanes of at least 4 members (excludes halogenated alkanes) is 1. The van der Waals surface area contributed by atoms with Crippen LogP contribution >= 0.6 is 0 Å². The normalized spacial score (nSPS) is 38.4. The topological polar surface area (TPSA) is 50.8 Å². The summed E-state index contributed by atoms with van der Waals surface area (Å²) in [6.45, 7) is 8.23. The molecule has 3 aliphatic heterocycles. The zero-order chi connectivity index (χ0) is 15.5. The molecule has 0 aromatic heterocycles. The molecule has 0 aromatic rings. The molecule has 5 heteroatoms. The lowest BCUT2D eigenvalue weighted by Gasteiger charge is -2.35. The van der Waals surface area contributed by atoms with Gasteiger partial charge in [0.25, 0.3) is 0 Å². The summed E-state index contributed by atoms with van der Waals surface area (Å²) in [5.41, 5.74) is 0. The van der Waals surface area contributed by atoms with Crippen LogP contribution in [-0.4, -0.2) is 61.4 Å². The third-order valence-corrected chi connectivity index (χ3v) is 5.14. The lowest BCUT2D eigenvalue weighted by atomic mass is 9.88. The third-order valence-electron chi connectivity index (χ3n) is 5.14. The number of fused-ring (bicyclic) bond motifs is 2. The highest BCUT2D eigenvalue weighted by Crippen LogP contribution is 2.38. The molecule has 3 heterocycles. The first-order valence-corrected chi connectivity index (χ1v) is 8.93. The Labute approximate surface area is 133 Å². The molecule has 0 aliphatic carbocycles. The van der Waals surface area contributed by atoms with Gasteiger partial charge in [0.05, 0.1) is 30.3 Å². The van der Waals surface area contributed by atoms with E-state index in [0.29, 0.717) is 18.3 Å². The fourth-order valence-electron chi connectivity index (χ4n) is 4.18. The van der Waals surface area contributed by atoms with Crippen LogP contribution in [0.15, 0.2) is 0 Å². The number of nitrogens with one attached hydrogen (secondary N) is 1. The van der Waals surface area contributed by atoms with Crippen LogP contribution in [0.1, 0.15) is 46.0 Å². The molecule has 3 rings (SSSR count). The second kappa shape index (κ2) is 7.28. The number of carbonyl (C=O) groups excluding carboxylic acids is 1. The Morgan fingerprint density at radius 3 is 2.55 bits per heavy atom. The summed E-state index contributed by atoms with van der Waals surface area (Å²) in [6.07, 6.45) is 6.54. The van der Waals surface area contributed by atoms with Gasteiger partial charge >= 0.3 is 0 Å². The summed E-state index contributed by atoms with van der Waals surface area (Å²) in [4.78, 5) is 14.6. The molecule has 0 saturated carbocycles. The molecule has 0 aromatic carbocycles. The van der Waals surface area contributed by atoms with Crippen molar-refractivity contribution >= 4 is 5.91 Å². The van der Waals surface area contributed by atoms with Crippen LogP contribution < -0.4 is 5.32 Å². The average Bonchev–Trinajstić information content (AvgIpc) is 3.08. The SMILES string of the molecule is C[C@@H]1CN(CCCCNC(=O)[C@@H]2C[C@@H]3CC[C@@H]2O3)C[C@@H](C)O1. The highest BCUT2D eigenvalue weighted by atomic mass is 16.5. The average molecular weight is 310 g/mol. The van der Waals surface area contributed by atoms with Gasteiger partial charge in [-0.15, -0.1) is 0 Å². The van der Waals surface area contributed by atoms with Crippen molar-refractivity contribution in [3.63, 3.8) is 0 Å². The van der Waals surface area contributed by atoms with Crippen molar-refractivity contribution in [2.75, 3.05) is 26.2 Å². The van der Waals surface area contributed by atoms with Crippen molar-refractivity contribution in [1.29, 1.82) is 0 Å². The van der Waals surface area contributed by atoms with Gasteiger partial charge in [-0.25, -0.2) is 0 Å². The summed E-state index contributed by atoms with van der Waals surface area (Å²) in [7, 11) is 0. The van der Waals surface area contributed by atoms with Crippen LogP contribution in [0.5, 0.6) is 0 Å². The molecule has 5 atom stereocenters. The van der Waals surface area contributed by atoms with E-state index < -0.39 is 0 Å². The molecule has 3 saturated heterocycles. The first-order chi connectivity index (χ1) is 10.6. The number of hydrogen-bond acceptors (Lipinski definition) is 4. The Kier molecular flexibility index (Phi) is 5.37. The fourth-order valence-corrected chi connectivity index (χ4v) is 4.18. The molecule has 5 nitrogen and oxygen atoms in total. The fraction of sp³-hybridized carbons (Fsp3) is 0.941. The highest BCUT2D eigenvalue weighted by molar-refractivity contribution is 5.79. The van der Waals surface area contributed by atoms with E-state index in [-0.39, 0.29) is 17.9 Å². The minimum absolute atomic E-state index is 0.111. The van der Waals surface area contributed by atoms with Crippen LogP contribution in [0.2, 0.25) is 0 Å². The molecular weight excluding hydrogens is 280 g/mol. The van der Waals surface area contributed by atoms with Gasteiger partial charge in [-0.05, 0) is 52.5 Å². The number of hydrogen-bond donors (Lipinski definition) is 1. The summed E-state index contributed by atoms with van der Waals surface area (Å²) in [5, 5.41) is 3.10. The predicted molar refractivity (Wildman–Crippen MR) is 84.7 cm³/mol. The first-order valence-electron chi connectivity index (χ1n) is 8.93. The van der Waals surface area contributed by atoms with E-state index in [2.05, 4.69) is 24.1 Å². The lowest BCUT2D eigenvalue weighted by molar-refractivity contribution is -0.126. The second-order valence-electron chi connectivity index (χ2n) is 7.23. The molecule has 0 spiro atoms. The van der Waals surface area contributed by atoms with E-state index in [0.717, 1.165) is 58.3 Å². The van der Waals surface area contributed by atoms with Crippen molar-refractivity contribution in [1.82, 2.24) is 10.2 Å². The van der Waals surface area contributed by atoms with Crippen molar-refractivity contribution in [3.8, 4) is 0 Å². The van der Waals surface area contributed by atoms with Gasteiger partial charge in [0.15, 0.2) is 0 Å². The Balaban J connectivity index is 1.27. The number of carbonyl (C=O) groups is 1. The standard InChI is InChI=1S/C17H30N2O3/c1-12-10-19(11-13(2)21-12)8-4-3-7-18-17(20)15-9-14-5-6-16(15)22-14/h12-16H,3-11H2,1-2H3,(H,18,20)/t12-,13-,14+,15-,16+/m1/s1. The van der Waals surface area contributed by atoms with E-state index in [1.54, 1.807) is 0 Å². The van der Waals surface area contributed by atoms with Crippen molar-refractivity contribution < 1.29 is 14.3 Å². The van der Waals surface area contributed by atoms with Gasteiger partial charge in [-0.3, -0.25) is 9.69 Å². The molecule has 0 unspecified atom stereocenters. The van der Waals surface area contributed by atoms with Crippen LogP contribution in [0.25, 0.3) is 0 Å². The van der Waals surface area contributed by atoms with Crippen molar-refractivity contribution in [2.24, 2.45) is 5.92 Å². The number of ether oxygens (including phenoxy) is 2. The molecule has 3 fully saturated rings. The Hall–Kier alpha value is -0.650.